The van der Waals surface area contributed by atoms with Crippen LogP contribution in [0.3, 0.4) is 0 Å². The van der Waals surface area contributed by atoms with Crippen LogP contribution in [0.1, 0.15) is 29.3 Å². The summed E-state index contributed by atoms with van der Waals surface area (Å²) in [6.45, 7) is 4.18. The van der Waals surface area contributed by atoms with Gasteiger partial charge in [-0.25, -0.2) is 4.79 Å². The minimum Gasteiger partial charge on any atom is -0.462 e. The molecule has 1 fully saturated rings. The normalized spacial score (nSPS) is 16.3. The molecule has 1 atom stereocenters. The summed E-state index contributed by atoms with van der Waals surface area (Å²) in [5, 5.41) is 2.85. The maximum Gasteiger partial charge on any atom is 0.340 e. The number of rotatable bonds is 5. The van der Waals surface area contributed by atoms with Crippen molar-refractivity contribution >= 4 is 29.2 Å². The van der Waals surface area contributed by atoms with Crippen LogP contribution in [0.2, 0.25) is 0 Å². The molecule has 1 N–H and O–H groups in total. The number of hydrogen-bond donors (Lipinski definition) is 1. The van der Waals surface area contributed by atoms with Crippen LogP contribution in [0.25, 0.3) is 0 Å². The molecule has 0 bridgehead atoms. The molecule has 2 aromatic rings. The lowest BCUT2D eigenvalue weighted by molar-refractivity contribution is -0.122. The first-order chi connectivity index (χ1) is 13.0. The highest BCUT2D eigenvalue weighted by Crippen LogP contribution is 2.29. The summed E-state index contributed by atoms with van der Waals surface area (Å²) in [7, 11) is 0. The maximum absolute atomic E-state index is 12.6. The summed E-state index contributed by atoms with van der Waals surface area (Å²) in [6, 6.07) is 14.3. The summed E-state index contributed by atoms with van der Waals surface area (Å²) >= 11 is 0. The Bertz CT molecular complexity index is 861. The monoisotopic (exact) mass is 366 g/mol. The van der Waals surface area contributed by atoms with Gasteiger partial charge in [0.25, 0.3) is 0 Å². The molecule has 0 saturated carbocycles. The van der Waals surface area contributed by atoms with Gasteiger partial charge in [-0.1, -0.05) is 29.8 Å². The molecule has 1 aliphatic rings. The Balaban J connectivity index is 1.75. The number of nitrogens with zero attached hydrogens (tertiary/aromatic N) is 1. The number of para-hydroxylation sites is 1. The second kappa shape index (κ2) is 8.03. The number of aryl methyl sites for hydroxylation is 1. The first-order valence-electron chi connectivity index (χ1n) is 8.93. The van der Waals surface area contributed by atoms with E-state index in [0.29, 0.717) is 16.9 Å². The second-order valence-electron chi connectivity index (χ2n) is 6.50. The maximum atomic E-state index is 12.6. The lowest BCUT2D eigenvalue weighted by Crippen LogP contribution is -2.29. The van der Waals surface area contributed by atoms with Crippen LogP contribution in [0.5, 0.6) is 0 Å². The van der Waals surface area contributed by atoms with Gasteiger partial charge in [-0.3, -0.25) is 9.59 Å². The number of esters is 1. The lowest BCUT2D eigenvalue weighted by Gasteiger charge is -2.19. The van der Waals surface area contributed by atoms with Crippen LogP contribution in [-0.4, -0.2) is 30.9 Å². The molecule has 1 heterocycles. The smallest absolute Gasteiger partial charge is 0.340 e. The molecule has 1 aliphatic heterocycles. The lowest BCUT2D eigenvalue weighted by atomic mass is 10.1. The van der Waals surface area contributed by atoms with E-state index in [1.165, 1.54) is 4.90 Å². The van der Waals surface area contributed by atoms with Crippen molar-refractivity contribution < 1.29 is 19.1 Å². The third-order valence-electron chi connectivity index (χ3n) is 4.51. The van der Waals surface area contributed by atoms with Crippen molar-refractivity contribution in [2.75, 3.05) is 23.4 Å². The summed E-state index contributed by atoms with van der Waals surface area (Å²) < 4.78 is 5.07. The van der Waals surface area contributed by atoms with E-state index in [1.807, 2.05) is 31.2 Å². The number of carbonyl (C=O) groups excluding carboxylic acids is 3. The van der Waals surface area contributed by atoms with E-state index in [-0.39, 0.29) is 31.4 Å². The number of carbonyl (C=O) groups is 3. The largest absolute Gasteiger partial charge is 0.462 e. The van der Waals surface area contributed by atoms with E-state index in [9.17, 15) is 14.4 Å². The van der Waals surface area contributed by atoms with Gasteiger partial charge in [0.15, 0.2) is 0 Å². The van der Waals surface area contributed by atoms with Crippen LogP contribution in [-0.2, 0) is 14.3 Å². The van der Waals surface area contributed by atoms with E-state index < -0.39 is 11.9 Å². The fraction of sp³-hybridized carbons (Fsp3) is 0.286. The minimum atomic E-state index is -0.478. The van der Waals surface area contributed by atoms with Crippen molar-refractivity contribution in [2.24, 2.45) is 5.92 Å². The van der Waals surface area contributed by atoms with Gasteiger partial charge in [0.1, 0.15) is 0 Å². The number of hydrogen-bond acceptors (Lipinski definition) is 4. The number of nitrogens with one attached hydrogen (secondary N) is 1. The molecule has 6 heteroatoms. The van der Waals surface area contributed by atoms with Gasteiger partial charge in [0.05, 0.1) is 23.8 Å². The molecular formula is C21H22N2O4. The van der Waals surface area contributed by atoms with Gasteiger partial charge >= 0.3 is 5.97 Å². The predicted octanol–water partition coefficient (Wildman–Crippen LogP) is 3.16. The Kier molecular flexibility index (Phi) is 5.54. The van der Waals surface area contributed by atoms with E-state index in [2.05, 4.69) is 5.32 Å². The highest BCUT2D eigenvalue weighted by Gasteiger charge is 2.36. The van der Waals surface area contributed by atoms with Crippen LogP contribution in [0, 0.1) is 12.8 Å². The average Bonchev–Trinajstić information content (AvgIpc) is 3.05. The Morgan fingerprint density at radius 3 is 2.56 bits per heavy atom. The molecule has 3 rings (SSSR count). The second-order valence-corrected chi connectivity index (χ2v) is 6.50. The van der Waals surface area contributed by atoms with E-state index in [1.54, 1.807) is 31.2 Å². The van der Waals surface area contributed by atoms with Crippen molar-refractivity contribution in [3.63, 3.8) is 0 Å². The summed E-state index contributed by atoms with van der Waals surface area (Å²) in [4.78, 5) is 38.7. The molecule has 6 nitrogen and oxygen atoms in total. The molecule has 0 aliphatic carbocycles. The number of anilines is 2. The van der Waals surface area contributed by atoms with Gasteiger partial charge in [-0.05, 0) is 38.1 Å². The Morgan fingerprint density at radius 2 is 1.85 bits per heavy atom. The topological polar surface area (TPSA) is 75.7 Å². The summed E-state index contributed by atoms with van der Waals surface area (Å²) in [5.74, 6) is -1.35. The van der Waals surface area contributed by atoms with Crippen LogP contribution in [0.15, 0.2) is 48.5 Å². The van der Waals surface area contributed by atoms with Gasteiger partial charge in [-0.15, -0.1) is 0 Å². The van der Waals surface area contributed by atoms with Crippen LogP contribution < -0.4 is 10.2 Å². The summed E-state index contributed by atoms with van der Waals surface area (Å²) in [6.07, 6.45) is 0.106. The van der Waals surface area contributed by atoms with Crippen molar-refractivity contribution in [3.8, 4) is 0 Å². The summed E-state index contributed by atoms with van der Waals surface area (Å²) in [5.41, 5.74) is 2.60. The molecule has 0 radical (unpaired) electrons. The first-order valence-corrected chi connectivity index (χ1v) is 8.93. The zero-order valence-corrected chi connectivity index (χ0v) is 15.4. The predicted molar refractivity (Wildman–Crippen MR) is 103 cm³/mol. The minimum absolute atomic E-state index is 0.106. The highest BCUT2D eigenvalue weighted by molar-refractivity contribution is 6.07. The van der Waals surface area contributed by atoms with Gasteiger partial charge < -0.3 is 15.0 Å². The third-order valence-corrected chi connectivity index (χ3v) is 4.51. The standard InChI is InChI=1S/C21H22N2O4/c1-3-27-21(26)17-6-4-5-7-18(17)23-13-15(12-19(23)24)20(25)22-16-10-8-14(2)9-11-16/h4-11,15H,3,12-13H2,1-2H3,(H,22,25). The van der Waals surface area contributed by atoms with E-state index >= 15 is 0 Å². The Labute approximate surface area is 158 Å². The molecule has 27 heavy (non-hydrogen) atoms. The highest BCUT2D eigenvalue weighted by atomic mass is 16.5. The van der Waals surface area contributed by atoms with Crippen LogP contribution in [0.4, 0.5) is 11.4 Å². The quantitative estimate of drug-likeness (QED) is 0.825. The number of ether oxygens (including phenoxy) is 1. The van der Waals surface area contributed by atoms with E-state index in [4.69, 9.17) is 4.74 Å². The van der Waals surface area contributed by atoms with Gasteiger partial charge in [0, 0.05) is 18.7 Å². The van der Waals surface area contributed by atoms with Crippen molar-refractivity contribution in [1.29, 1.82) is 0 Å². The van der Waals surface area contributed by atoms with Gasteiger partial charge in [-0.2, -0.15) is 0 Å². The molecule has 140 valence electrons. The zero-order valence-electron chi connectivity index (χ0n) is 15.4. The third kappa shape index (κ3) is 4.16. The Hall–Kier alpha value is -3.15. The zero-order chi connectivity index (χ0) is 19.4. The van der Waals surface area contributed by atoms with E-state index in [0.717, 1.165) is 5.56 Å². The number of amides is 2. The fourth-order valence-electron chi connectivity index (χ4n) is 3.09. The molecule has 0 spiro atoms. The van der Waals surface area contributed by atoms with Crippen molar-refractivity contribution in [1.82, 2.24) is 0 Å². The molecule has 1 unspecified atom stereocenters. The van der Waals surface area contributed by atoms with Gasteiger partial charge in [0.2, 0.25) is 11.8 Å². The molecule has 0 aromatic heterocycles. The van der Waals surface area contributed by atoms with Crippen LogP contribution >= 0.6 is 0 Å². The van der Waals surface area contributed by atoms with Crippen molar-refractivity contribution in [3.05, 3.63) is 59.7 Å². The molecule has 2 aromatic carbocycles. The SMILES string of the molecule is CCOC(=O)c1ccccc1N1CC(C(=O)Nc2ccc(C)cc2)CC1=O. The molecular weight excluding hydrogens is 344 g/mol. The van der Waals surface area contributed by atoms with Crippen molar-refractivity contribution in [2.45, 2.75) is 20.3 Å². The average molecular weight is 366 g/mol. The number of benzene rings is 2. The molecule has 2 amide bonds. The fourth-order valence-corrected chi connectivity index (χ4v) is 3.09. The molecule has 1 saturated heterocycles. The first kappa shape index (κ1) is 18.6. The Morgan fingerprint density at radius 1 is 1.15 bits per heavy atom.